The van der Waals surface area contributed by atoms with Gasteiger partial charge in [-0.3, -0.25) is 4.79 Å². The number of fused-ring (bicyclic) bond motifs is 1. The monoisotopic (exact) mass is 424 g/mol. The Labute approximate surface area is 182 Å². The Morgan fingerprint density at radius 1 is 1.03 bits per heavy atom. The van der Waals surface area contributed by atoms with Gasteiger partial charge in [0.1, 0.15) is 0 Å². The van der Waals surface area contributed by atoms with Crippen LogP contribution in [-0.2, 0) is 11.3 Å². The minimum absolute atomic E-state index is 0. The van der Waals surface area contributed by atoms with Crippen molar-refractivity contribution in [1.82, 2.24) is 10.2 Å². The number of rotatable bonds is 5. The van der Waals surface area contributed by atoms with Crippen molar-refractivity contribution >= 4 is 35.1 Å². The highest BCUT2D eigenvalue weighted by molar-refractivity contribution is 5.99. The summed E-state index contributed by atoms with van der Waals surface area (Å²) in [6.45, 7) is 1.99. The molecule has 1 atom stereocenters. The van der Waals surface area contributed by atoms with Gasteiger partial charge in [-0.25, -0.2) is 4.79 Å². The minimum Gasteiger partial charge on any atom is -0.465 e. The second-order valence-electron chi connectivity index (χ2n) is 7.29. The Bertz CT molecular complexity index is 1050. The maximum absolute atomic E-state index is 13.5. The van der Waals surface area contributed by atoms with Gasteiger partial charge in [0, 0.05) is 24.7 Å². The Hall–Kier alpha value is -2.89. The lowest BCUT2D eigenvalue weighted by atomic mass is 10.0. The zero-order valence-electron chi connectivity index (χ0n) is 16.8. The van der Waals surface area contributed by atoms with E-state index in [0.29, 0.717) is 17.7 Å². The van der Waals surface area contributed by atoms with E-state index < -0.39 is 0 Å². The smallest absolute Gasteiger partial charge is 0.338 e. The molecule has 5 nitrogen and oxygen atoms in total. The van der Waals surface area contributed by atoms with Crippen molar-refractivity contribution in [2.45, 2.75) is 19.0 Å². The van der Waals surface area contributed by atoms with Gasteiger partial charge in [0.05, 0.1) is 12.7 Å². The van der Waals surface area contributed by atoms with Crippen molar-refractivity contribution in [2.24, 2.45) is 0 Å². The molecule has 1 amide bonds. The van der Waals surface area contributed by atoms with Gasteiger partial charge in [-0.2, -0.15) is 0 Å². The van der Waals surface area contributed by atoms with E-state index in [1.54, 1.807) is 6.07 Å². The summed E-state index contributed by atoms with van der Waals surface area (Å²) in [6, 6.07) is 21.2. The number of nitrogens with one attached hydrogen (secondary N) is 1. The highest BCUT2D eigenvalue weighted by Gasteiger charge is 2.28. The summed E-state index contributed by atoms with van der Waals surface area (Å²) in [4.78, 5) is 27.6. The summed E-state index contributed by atoms with van der Waals surface area (Å²) in [5.74, 6) is -0.410. The third kappa shape index (κ3) is 4.48. The number of carbonyl (C=O) groups is 2. The van der Waals surface area contributed by atoms with Gasteiger partial charge in [0.2, 0.25) is 0 Å². The number of hydrogen-bond acceptors (Lipinski definition) is 4. The van der Waals surface area contributed by atoms with Crippen LogP contribution in [0.2, 0.25) is 0 Å². The molecule has 0 saturated carbocycles. The van der Waals surface area contributed by atoms with E-state index in [1.807, 2.05) is 65.6 Å². The van der Waals surface area contributed by atoms with Crippen molar-refractivity contribution in [3.8, 4) is 0 Å². The van der Waals surface area contributed by atoms with Gasteiger partial charge in [-0.1, -0.05) is 48.5 Å². The predicted octanol–water partition coefficient (Wildman–Crippen LogP) is 4.05. The summed E-state index contributed by atoms with van der Waals surface area (Å²) < 4.78 is 4.92. The minimum atomic E-state index is -0.386. The molecule has 0 aromatic heterocycles. The number of carbonyl (C=O) groups excluding carboxylic acids is 2. The van der Waals surface area contributed by atoms with Crippen molar-refractivity contribution in [1.29, 1.82) is 0 Å². The fourth-order valence-corrected chi connectivity index (χ4v) is 3.91. The summed E-state index contributed by atoms with van der Waals surface area (Å²) in [7, 11) is 1.37. The number of benzene rings is 3. The number of nitrogens with zero attached hydrogens (tertiary/aromatic N) is 1. The summed E-state index contributed by atoms with van der Waals surface area (Å²) in [5.41, 5.74) is 1.95. The summed E-state index contributed by atoms with van der Waals surface area (Å²) in [5, 5.41) is 5.48. The molecule has 3 aromatic carbocycles. The number of ether oxygens (including phenoxy) is 1. The van der Waals surface area contributed by atoms with Crippen molar-refractivity contribution in [3.05, 3.63) is 83.4 Å². The number of esters is 1. The molecule has 1 aliphatic rings. The molecule has 1 fully saturated rings. The van der Waals surface area contributed by atoms with Crippen LogP contribution < -0.4 is 5.32 Å². The first kappa shape index (κ1) is 21.8. The Morgan fingerprint density at radius 2 is 1.77 bits per heavy atom. The van der Waals surface area contributed by atoms with E-state index >= 15 is 0 Å². The molecule has 1 heterocycles. The zero-order valence-corrected chi connectivity index (χ0v) is 17.7. The lowest BCUT2D eigenvalue weighted by Gasteiger charge is -2.29. The van der Waals surface area contributed by atoms with E-state index in [-0.39, 0.29) is 30.3 Å². The van der Waals surface area contributed by atoms with E-state index in [4.69, 9.17) is 4.74 Å². The first-order valence-electron chi connectivity index (χ1n) is 9.84. The van der Waals surface area contributed by atoms with Crippen LogP contribution in [0.1, 0.15) is 32.7 Å². The quantitative estimate of drug-likeness (QED) is 0.628. The molecule has 156 valence electrons. The van der Waals surface area contributed by atoms with Gasteiger partial charge in [-0.15, -0.1) is 12.4 Å². The topological polar surface area (TPSA) is 58.6 Å². The molecule has 1 aliphatic heterocycles. The molecule has 0 radical (unpaired) electrons. The number of amides is 1. The predicted molar refractivity (Wildman–Crippen MR) is 120 cm³/mol. The van der Waals surface area contributed by atoms with Crippen LogP contribution in [0, 0.1) is 0 Å². The molecule has 6 heteroatoms. The molecule has 0 aliphatic carbocycles. The average Bonchev–Trinajstić information content (AvgIpc) is 3.31. The zero-order chi connectivity index (χ0) is 20.2. The maximum Gasteiger partial charge on any atom is 0.338 e. The fourth-order valence-electron chi connectivity index (χ4n) is 3.91. The van der Waals surface area contributed by atoms with Crippen LogP contribution in [0.5, 0.6) is 0 Å². The summed E-state index contributed by atoms with van der Waals surface area (Å²) in [6.07, 6.45) is 0.889. The Balaban J connectivity index is 0.00000256. The van der Waals surface area contributed by atoms with Crippen LogP contribution in [0.4, 0.5) is 0 Å². The lowest BCUT2D eigenvalue weighted by Crippen LogP contribution is -2.41. The first-order valence-corrected chi connectivity index (χ1v) is 9.84. The van der Waals surface area contributed by atoms with E-state index in [2.05, 4.69) is 5.32 Å². The van der Waals surface area contributed by atoms with Gasteiger partial charge in [0.25, 0.3) is 5.91 Å². The molecule has 1 N–H and O–H groups in total. The molecular weight excluding hydrogens is 400 g/mol. The van der Waals surface area contributed by atoms with Crippen LogP contribution in [0.3, 0.4) is 0 Å². The largest absolute Gasteiger partial charge is 0.465 e. The van der Waals surface area contributed by atoms with E-state index in [1.165, 1.54) is 7.11 Å². The molecule has 3 aromatic rings. The van der Waals surface area contributed by atoms with Gasteiger partial charge >= 0.3 is 5.97 Å². The van der Waals surface area contributed by atoms with Crippen LogP contribution in [0.15, 0.2) is 66.7 Å². The second kappa shape index (κ2) is 9.74. The average molecular weight is 425 g/mol. The maximum atomic E-state index is 13.5. The fraction of sp³-hybridized carbons (Fsp3) is 0.250. The standard InChI is InChI=1S/C24H24N2O3.ClH/c1-29-24(28)22-9-5-4-8-20(22)16-26(21-12-13-25-15-21)23(27)19-11-10-17-6-2-3-7-18(17)14-19;/h2-11,14,21,25H,12-13,15-16H2,1H3;1H/t21-;/m1./s1. The van der Waals surface area contributed by atoms with Crippen LogP contribution in [-0.4, -0.2) is 43.0 Å². The molecule has 1 saturated heterocycles. The third-order valence-corrected chi connectivity index (χ3v) is 5.50. The molecule has 30 heavy (non-hydrogen) atoms. The van der Waals surface area contributed by atoms with Gasteiger partial charge < -0.3 is 15.0 Å². The van der Waals surface area contributed by atoms with Gasteiger partial charge in [0.15, 0.2) is 0 Å². The summed E-state index contributed by atoms with van der Waals surface area (Å²) >= 11 is 0. The molecule has 0 bridgehead atoms. The van der Waals surface area contributed by atoms with Gasteiger partial charge in [-0.05, 0) is 47.5 Å². The third-order valence-electron chi connectivity index (χ3n) is 5.50. The van der Waals surface area contributed by atoms with Crippen LogP contribution >= 0.6 is 12.4 Å². The Morgan fingerprint density at radius 3 is 2.50 bits per heavy atom. The SMILES string of the molecule is COC(=O)c1ccccc1CN(C(=O)c1ccc2ccccc2c1)[C@@H]1CCNC1.Cl. The second-order valence-corrected chi connectivity index (χ2v) is 7.29. The van der Waals surface area contributed by atoms with E-state index in [0.717, 1.165) is 35.8 Å². The normalized spacial score (nSPS) is 15.4. The molecule has 0 spiro atoms. The highest BCUT2D eigenvalue weighted by Crippen LogP contribution is 2.22. The number of halogens is 1. The first-order chi connectivity index (χ1) is 14.2. The van der Waals surface area contributed by atoms with E-state index in [9.17, 15) is 9.59 Å². The van der Waals surface area contributed by atoms with Crippen molar-refractivity contribution in [2.75, 3.05) is 20.2 Å². The molecule has 0 unspecified atom stereocenters. The molecule has 4 rings (SSSR count). The molecular formula is C24H25ClN2O3. The highest BCUT2D eigenvalue weighted by atomic mass is 35.5. The van der Waals surface area contributed by atoms with Crippen LogP contribution in [0.25, 0.3) is 10.8 Å². The lowest BCUT2D eigenvalue weighted by molar-refractivity contribution is 0.0588. The number of methoxy groups -OCH3 is 1. The van der Waals surface area contributed by atoms with Crippen molar-refractivity contribution in [3.63, 3.8) is 0 Å². The van der Waals surface area contributed by atoms with Crippen molar-refractivity contribution < 1.29 is 14.3 Å². The Kier molecular flexibility index (Phi) is 7.08. The number of hydrogen-bond donors (Lipinski definition) is 1.